The number of aromatic nitrogens is 3. The van der Waals surface area contributed by atoms with Gasteiger partial charge in [-0.3, -0.25) is 9.69 Å². The zero-order valence-electron chi connectivity index (χ0n) is 18.4. The Morgan fingerprint density at radius 1 is 1.12 bits per heavy atom. The lowest BCUT2D eigenvalue weighted by Gasteiger charge is -2.30. The summed E-state index contributed by atoms with van der Waals surface area (Å²) in [5, 5.41) is 9.32. The highest BCUT2D eigenvalue weighted by molar-refractivity contribution is 7.99. The minimum atomic E-state index is -0.761. The Morgan fingerprint density at radius 3 is 2.69 bits per heavy atom. The topological polar surface area (TPSA) is 77.4 Å². The quantitative estimate of drug-likeness (QED) is 0.358. The minimum Gasteiger partial charge on any atom is -0.493 e. The maximum absolute atomic E-state index is 12.9. The number of hydrogen-bond donors (Lipinski definition) is 0. The van der Waals surface area contributed by atoms with Crippen LogP contribution in [-0.4, -0.2) is 33.4 Å². The number of anilines is 1. The number of hydrogen-bond acceptors (Lipinski definition) is 7. The van der Waals surface area contributed by atoms with Crippen molar-refractivity contribution in [1.29, 1.82) is 0 Å². The van der Waals surface area contributed by atoms with Gasteiger partial charge in [-0.05, 0) is 31.5 Å². The van der Waals surface area contributed by atoms with Crippen molar-refractivity contribution in [1.82, 2.24) is 15.2 Å². The van der Waals surface area contributed by atoms with Gasteiger partial charge in [0.1, 0.15) is 5.75 Å². The van der Waals surface area contributed by atoms with Gasteiger partial charge < -0.3 is 9.47 Å². The van der Waals surface area contributed by atoms with Crippen LogP contribution in [0.4, 0.5) is 5.69 Å². The summed E-state index contributed by atoms with van der Waals surface area (Å²) in [6.45, 7) is 6.10. The molecule has 1 amide bonds. The summed E-state index contributed by atoms with van der Waals surface area (Å²) in [5.41, 5.74) is 2.70. The van der Waals surface area contributed by atoms with Crippen molar-refractivity contribution in [3.05, 3.63) is 54.1 Å². The number of carbonyl (C=O) groups excluding carboxylic acids is 1. The number of unbranched alkanes of at least 4 members (excludes halogenated alkanes) is 1. The van der Waals surface area contributed by atoms with Crippen LogP contribution >= 0.6 is 11.8 Å². The molecule has 1 atom stereocenters. The van der Waals surface area contributed by atoms with Gasteiger partial charge in [-0.2, -0.15) is 4.98 Å². The van der Waals surface area contributed by atoms with Crippen molar-refractivity contribution < 1.29 is 14.3 Å². The molecule has 1 aliphatic heterocycles. The smallest absolute Gasteiger partial charge is 0.247 e. The number of fused-ring (bicyclic) bond motifs is 3. The van der Waals surface area contributed by atoms with Crippen LogP contribution in [-0.2, 0) is 4.79 Å². The Labute approximate surface area is 192 Å². The molecule has 1 aliphatic rings. The summed E-state index contributed by atoms with van der Waals surface area (Å²) >= 11 is 1.55. The van der Waals surface area contributed by atoms with Crippen molar-refractivity contribution in [2.75, 3.05) is 17.3 Å². The number of rotatable bonds is 7. The average molecular weight is 451 g/mol. The van der Waals surface area contributed by atoms with Crippen molar-refractivity contribution in [2.45, 2.75) is 45.0 Å². The van der Waals surface area contributed by atoms with Crippen molar-refractivity contribution in [2.24, 2.45) is 0 Å². The zero-order chi connectivity index (χ0) is 22.5. The van der Waals surface area contributed by atoms with Gasteiger partial charge in [0.25, 0.3) is 0 Å². The van der Waals surface area contributed by atoms with E-state index in [-0.39, 0.29) is 5.91 Å². The van der Waals surface area contributed by atoms with E-state index in [4.69, 9.17) is 9.47 Å². The predicted molar refractivity (Wildman–Crippen MR) is 125 cm³/mol. The third-order valence-electron chi connectivity index (χ3n) is 5.06. The van der Waals surface area contributed by atoms with E-state index >= 15 is 0 Å². The molecule has 0 unspecified atom stereocenters. The highest BCUT2D eigenvalue weighted by Crippen LogP contribution is 2.44. The van der Waals surface area contributed by atoms with E-state index in [0.717, 1.165) is 29.7 Å². The number of amides is 1. The number of para-hydroxylation sites is 2. The Hall–Kier alpha value is -3.13. The van der Waals surface area contributed by atoms with E-state index in [1.54, 1.807) is 16.7 Å². The number of carbonyl (C=O) groups is 1. The molecule has 1 aromatic heterocycles. The van der Waals surface area contributed by atoms with E-state index in [0.29, 0.717) is 34.8 Å². The number of nitrogens with zero attached hydrogens (tertiary/aromatic N) is 4. The molecule has 8 heteroatoms. The van der Waals surface area contributed by atoms with Crippen molar-refractivity contribution in [3.63, 3.8) is 0 Å². The number of thioether (sulfide) groups is 1. The van der Waals surface area contributed by atoms with E-state index < -0.39 is 6.23 Å². The molecule has 3 aromatic rings. The molecule has 2 aromatic carbocycles. The average Bonchev–Trinajstić information content (AvgIpc) is 2.94. The summed E-state index contributed by atoms with van der Waals surface area (Å²) in [7, 11) is 0. The first-order chi connectivity index (χ1) is 15.6. The van der Waals surface area contributed by atoms with Crippen LogP contribution in [0.1, 0.15) is 45.4 Å². The van der Waals surface area contributed by atoms with Crippen LogP contribution in [0.15, 0.2) is 53.7 Å². The fraction of sp³-hybridized carbons (Fsp3) is 0.333. The van der Waals surface area contributed by atoms with Gasteiger partial charge in [-0.25, -0.2) is 0 Å². The SMILES string of the molecule is CCCCSc1nnc2c(n1)O[C@H](c1ccccc1OCC)N(C(C)=O)c1ccccc1-2. The first kappa shape index (κ1) is 22.1. The van der Waals surface area contributed by atoms with Crippen molar-refractivity contribution >= 4 is 23.4 Å². The Kier molecular flexibility index (Phi) is 6.90. The summed E-state index contributed by atoms with van der Waals surface area (Å²) in [5.74, 6) is 1.76. The summed E-state index contributed by atoms with van der Waals surface area (Å²) < 4.78 is 12.3. The van der Waals surface area contributed by atoms with E-state index in [1.165, 1.54) is 6.92 Å². The maximum Gasteiger partial charge on any atom is 0.247 e. The second-order valence-electron chi connectivity index (χ2n) is 7.30. The molecule has 0 aliphatic carbocycles. The molecule has 32 heavy (non-hydrogen) atoms. The Morgan fingerprint density at radius 2 is 1.91 bits per heavy atom. The highest BCUT2D eigenvalue weighted by Gasteiger charge is 2.35. The summed E-state index contributed by atoms with van der Waals surface area (Å²) in [4.78, 5) is 19.2. The number of ether oxygens (including phenoxy) is 2. The predicted octanol–water partition coefficient (Wildman–Crippen LogP) is 5.27. The monoisotopic (exact) mass is 450 g/mol. The minimum absolute atomic E-state index is 0.160. The zero-order valence-corrected chi connectivity index (χ0v) is 19.3. The van der Waals surface area contributed by atoms with Gasteiger partial charge in [0.2, 0.25) is 23.2 Å². The fourth-order valence-corrected chi connectivity index (χ4v) is 4.46. The molecule has 0 N–H and O–H groups in total. The highest BCUT2D eigenvalue weighted by atomic mass is 32.2. The molecule has 0 saturated heterocycles. The fourth-order valence-electron chi connectivity index (χ4n) is 3.60. The Bertz CT molecular complexity index is 1110. The second-order valence-corrected chi connectivity index (χ2v) is 8.36. The van der Waals surface area contributed by atoms with E-state index in [9.17, 15) is 4.79 Å². The van der Waals surface area contributed by atoms with Gasteiger partial charge in [-0.15, -0.1) is 10.2 Å². The van der Waals surface area contributed by atoms with Gasteiger partial charge in [0, 0.05) is 18.2 Å². The van der Waals surface area contributed by atoms with Crippen molar-refractivity contribution in [3.8, 4) is 22.9 Å². The largest absolute Gasteiger partial charge is 0.493 e. The van der Waals surface area contributed by atoms with Gasteiger partial charge >= 0.3 is 0 Å². The molecule has 0 radical (unpaired) electrons. The molecule has 166 valence electrons. The first-order valence-electron chi connectivity index (χ1n) is 10.8. The molecular weight excluding hydrogens is 424 g/mol. The lowest BCUT2D eigenvalue weighted by atomic mass is 10.1. The van der Waals surface area contributed by atoms with Gasteiger partial charge in [-0.1, -0.05) is 55.4 Å². The third-order valence-corrected chi connectivity index (χ3v) is 5.99. The van der Waals surface area contributed by atoms with Crippen LogP contribution in [0.3, 0.4) is 0 Å². The molecule has 0 spiro atoms. The summed E-state index contributed by atoms with van der Waals surface area (Å²) in [6, 6.07) is 15.2. The third kappa shape index (κ3) is 4.41. The molecule has 0 saturated carbocycles. The standard InChI is InChI=1S/C24H26N4O3S/c1-4-6-15-32-24-25-22-21(26-27-24)17-11-7-9-13-19(17)28(16(3)29)23(31-22)18-12-8-10-14-20(18)30-5-2/h7-14,23H,4-6,15H2,1-3H3/t23-/m1/s1. The lowest BCUT2D eigenvalue weighted by Crippen LogP contribution is -2.36. The first-order valence-corrected chi connectivity index (χ1v) is 11.8. The molecular formula is C24H26N4O3S. The molecule has 4 rings (SSSR count). The van der Waals surface area contributed by atoms with Gasteiger partial charge in [0.15, 0.2) is 5.69 Å². The van der Waals surface area contributed by atoms with Crippen LogP contribution in [0.2, 0.25) is 0 Å². The molecule has 0 fully saturated rings. The Balaban J connectivity index is 1.87. The maximum atomic E-state index is 12.9. The van der Waals surface area contributed by atoms with E-state index in [2.05, 4.69) is 22.1 Å². The van der Waals surface area contributed by atoms with E-state index in [1.807, 2.05) is 55.5 Å². The molecule has 0 bridgehead atoms. The second kappa shape index (κ2) is 9.99. The van der Waals surface area contributed by atoms with Gasteiger partial charge in [0.05, 0.1) is 17.9 Å². The molecule has 2 heterocycles. The van der Waals surface area contributed by atoms with Crippen LogP contribution in [0, 0.1) is 0 Å². The molecule has 7 nitrogen and oxygen atoms in total. The number of benzene rings is 2. The summed E-state index contributed by atoms with van der Waals surface area (Å²) in [6.07, 6.45) is 1.40. The lowest BCUT2D eigenvalue weighted by molar-refractivity contribution is -0.118. The van der Waals surface area contributed by atoms with Crippen LogP contribution in [0.25, 0.3) is 11.3 Å². The van der Waals surface area contributed by atoms with Crippen LogP contribution in [0.5, 0.6) is 11.6 Å². The van der Waals surface area contributed by atoms with Crippen LogP contribution < -0.4 is 14.4 Å². The normalized spacial score (nSPS) is 14.7.